The molecule has 0 fully saturated rings. The fraction of sp³-hybridized carbons (Fsp3) is 0.516. The van der Waals surface area contributed by atoms with E-state index in [4.69, 9.17) is 9.72 Å². The van der Waals surface area contributed by atoms with E-state index in [1.165, 1.54) is 11.1 Å². The molecule has 208 valence electrons. The molecule has 0 spiro atoms. The number of aliphatic hydroxyl groups is 1. The number of carbonyl (C=O) groups excluding carboxylic acids is 1. The fourth-order valence-corrected chi connectivity index (χ4v) is 6.45. The smallest absolute Gasteiger partial charge is 0.239 e. The topological polar surface area (TPSA) is 90.8 Å². The van der Waals surface area contributed by atoms with Gasteiger partial charge in [0.15, 0.2) is 0 Å². The van der Waals surface area contributed by atoms with Gasteiger partial charge in [0.2, 0.25) is 11.9 Å². The van der Waals surface area contributed by atoms with Crippen LogP contribution in [0.15, 0.2) is 64.8 Å². The second-order valence-electron chi connectivity index (χ2n) is 11.5. The highest BCUT2D eigenvalue weighted by Crippen LogP contribution is 2.47. The van der Waals surface area contributed by atoms with Gasteiger partial charge in [-0.25, -0.2) is 4.98 Å². The highest BCUT2D eigenvalue weighted by Gasteiger charge is 2.50. The summed E-state index contributed by atoms with van der Waals surface area (Å²) < 4.78 is 5.62. The van der Waals surface area contributed by atoms with Crippen molar-refractivity contribution >= 4 is 17.7 Å². The van der Waals surface area contributed by atoms with Gasteiger partial charge >= 0.3 is 0 Å². The van der Waals surface area contributed by atoms with Crippen molar-refractivity contribution in [2.24, 2.45) is 0 Å². The summed E-state index contributed by atoms with van der Waals surface area (Å²) in [7, 11) is 1.77. The van der Waals surface area contributed by atoms with E-state index in [2.05, 4.69) is 41.7 Å². The van der Waals surface area contributed by atoms with Crippen LogP contribution in [0.5, 0.6) is 0 Å². The third-order valence-electron chi connectivity index (χ3n) is 8.70. The molecule has 8 heteroatoms. The lowest BCUT2D eigenvalue weighted by molar-refractivity contribution is -0.122. The standard InChI is InChI=1S/C31H41N5O3/c1-7-27(39-6)35-16-15-21(19(2)18-35)12-11-20(3)33-30-32-17-24-28(34-30)36(29(38)31(24,4)5)25-14-13-23-22(25)9-8-10-26(23)37/h10-12,17,25,27,37H,3,7-9,13-16,18H2,1-2,4-6H3,(H,32,33,34)/b12-11-/t25-,27?/m1/s1. The number of rotatable bonds is 8. The van der Waals surface area contributed by atoms with Gasteiger partial charge in [0.25, 0.3) is 0 Å². The molecule has 2 aliphatic heterocycles. The largest absolute Gasteiger partial charge is 0.508 e. The number of nitrogens with one attached hydrogen (secondary N) is 1. The molecule has 1 amide bonds. The minimum Gasteiger partial charge on any atom is -0.508 e. The van der Waals surface area contributed by atoms with Crippen molar-refractivity contribution in [3.63, 3.8) is 0 Å². The number of ether oxygens (including phenoxy) is 1. The molecule has 39 heavy (non-hydrogen) atoms. The Morgan fingerprint density at radius 1 is 1.36 bits per heavy atom. The molecule has 0 saturated heterocycles. The molecule has 0 saturated carbocycles. The number of amides is 1. The maximum atomic E-state index is 13.7. The van der Waals surface area contributed by atoms with Gasteiger partial charge in [0, 0.05) is 37.7 Å². The Hall–Kier alpha value is -3.23. The van der Waals surface area contributed by atoms with E-state index in [0.29, 0.717) is 23.2 Å². The first-order chi connectivity index (χ1) is 18.6. The molecule has 5 rings (SSSR count). The van der Waals surface area contributed by atoms with Gasteiger partial charge in [-0.1, -0.05) is 25.2 Å². The number of fused-ring (bicyclic) bond motifs is 1. The van der Waals surface area contributed by atoms with Gasteiger partial charge in [-0.2, -0.15) is 4.98 Å². The van der Waals surface area contributed by atoms with Crippen molar-refractivity contribution in [1.82, 2.24) is 14.9 Å². The number of anilines is 2. The molecular formula is C31H41N5O3. The second kappa shape index (κ2) is 10.7. The Kier molecular flexibility index (Phi) is 7.53. The predicted molar refractivity (Wildman–Crippen MR) is 154 cm³/mol. The lowest BCUT2D eigenvalue weighted by atomic mass is 9.88. The Morgan fingerprint density at radius 3 is 2.87 bits per heavy atom. The van der Waals surface area contributed by atoms with Crippen molar-refractivity contribution < 1.29 is 14.6 Å². The minimum atomic E-state index is -0.709. The highest BCUT2D eigenvalue weighted by molar-refractivity contribution is 6.07. The van der Waals surface area contributed by atoms with Crippen LogP contribution in [0, 0.1) is 0 Å². The first-order valence-corrected chi connectivity index (χ1v) is 14.1. The molecule has 2 aliphatic carbocycles. The number of allylic oxidation sites excluding steroid dienone is 4. The van der Waals surface area contributed by atoms with Gasteiger partial charge in [-0.3, -0.25) is 14.6 Å². The molecule has 2 N–H and O–H groups in total. The lowest BCUT2D eigenvalue weighted by Crippen LogP contribution is -2.43. The summed E-state index contributed by atoms with van der Waals surface area (Å²) in [4.78, 5) is 27.3. The van der Waals surface area contributed by atoms with E-state index in [1.807, 2.05) is 30.9 Å². The number of carbonyl (C=O) groups is 1. The summed E-state index contributed by atoms with van der Waals surface area (Å²) >= 11 is 0. The molecule has 1 aromatic heterocycles. The molecule has 0 aromatic carbocycles. The van der Waals surface area contributed by atoms with Gasteiger partial charge in [0.1, 0.15) is 17.8 Å². The van der Waals surface area contributed by atoms with E-state index in [9.17, 15) is 9.90 Å². The third kappa shape index (κ3) is 4.96. The lowest BCUT2D eigenvalue weighted by Gasteiger charge is -2.34. The Labute approximate surface area is 231 Å². The zero-order valence-electron chi connectivity index (χ0n) is 23.9. The second-order valence-corrected chi connectivity index (χ2v) is 11.5. The molecule has 4 aliphatic rings. The Morgan fingerprint density at radius 2 is 2.15 bits per heavy atom. The predicted octanol–water partition coefficient (Wildman–Crippen LogP) is 5.68. The number of hydrogen-bond acceptors (Lipinski definition) is 7. The van der Waals surface area contributed by atoms with E-state index in [-0.39, 0.29) is 18.2 Å². The van der Waals surface area contributed by atoms with E-state index in [1.54, 1.807) is 13.3 Å². The van der Waals surface area contributed by atoms with Crippen molar-refractivity contribution in [3.8, 4) is 0 Å². The first-order valence-electron chi connectivity index (χ1n) is 14.1. The number of aromatic nitrogens is 2. The number of aliphatic hydroxyl groups excluding tert-OH is 1. The molecule has 0 radical (unpaired) electrons. The van der Waals surface area contributed by atoms with Crippen molar-refractivity contribution in [3.05, 3.63) is 70.3 Å². The zero-order chi connectivity index (χ0) is 27.9. The molecule has 1 unspecified atom stereocenters. The normalized spacial score (nSPS) is 23.8. The summed E-state index contributed by atoms with van der Waals surface area (Å²) in [6.07, 6.45) is 13.0. The van der Waals surface area contributed by atoms with Crippen LogP contribution in [0.4, 0.5) is 11.8 Å². The number of methoxy groups -OCH3 is 1. The Bertz CT molecular complexity index is 1300. The monoisotopic (exact) mass is 531 g/mol. The van der Waals surface area contributed by atoms with E-state index >= 15 is 0 Å². The van der Waals surface area contributed by atoms with E-state index in [0.717, 1.165) is 68.3 Å². The van der Waals surface area contributed by atoms with Gasteiger partial charge in [-0.15, -0.1) is 0 Å². The van der Waals surface area contributed by atoms with Gasteiger partial charge in [-0.05, 0) is 88.2 Å². The maximum absolute atomic E-state index is 13.7. The molecule has 8 nitrogen and oxygen atoms in total. The van der Waals surface area contributed by atoms with Crippen LogP contribution in [0.3, 0.4) is 0 Å². The van der Waals surface area contributed by atoms with Crippen LogP contribution in [-0.2, 0) is 14.9 Å². The van der Waals surface area contributed by atoms with Crippen molar-refractivity contribution in [2.45, 2.75) is 83.9 Å². The van der Waals surface area contributed by atoms with Crippen molar-refractivity contribution in [1.29, 1.82) is 0 Å². The van der Waals surface area contributed by atoms with E-state index < -0.39 is 5.41 Å². The molecule has 2 atom stereocenters. The Balaban J connectivity index is 1.33. The quantitative estimate of drug-likeness (QED) is 0.417. The van der Waals surface area contributed by atoms with Crippen LogP contribution in [0.2, 0.25) is 0 Å². The first kappa shape index (κ1) is 27.3. The summed E-state index contributed by atoms with van der Waals surface area (Å²) in [5.74, 6) is 1.48. The zero-order valence-corrected chi connectivity index (χ0v) is 23.9. The van der Waals surface area contributed by atoms with Crippen LogP contribution < -0.4 is 10.2 Å². The maximum Gasteiger partial charge on any atom is 0.239 e. The molecular weight excluding hydrogens is 490 g/mol. The summed E-state index contributed by atoms with van der Waals surface area (Å²) in [6, 6.07) is -0.0825. The average molecular weight is 532 g/mol. The summed E-state index contributed by atoms with van der Waals surface area (Å²) in [6.45, 7) is 14.2. The van der Waals surface area contributed by atoms with Crippen LogP contribution in [0.1, 0.15) is 71.8 Å². The van der Waals surface area contributed by atoms with Crippen molar-refractivity contribution in [2.75, 3.05) is 30.4 Å². The van der Waals surface area contributed by atoms with Crippen LogP contribution in [-0.4, -0.2) is 58.4 Å². The molecule has 1 aromatic rings. The third-order valence-corrected chi connectivity index (χ3v) is 8.70. The highest BCUT2D eigenvalue weighted by atomic mass is 16.5. The average Bonchev–Trinajstić information content (AvgIpc) is 3.41. The molecule has 3 heterocycles. The summed E-state index contributed by atoms with van der Waals surface area (Å²) in [5.41, 5.74) is 5.61. The minimum absolute atomic E-state index is 0.0306. The molecule has 0 bridgehead atoms. The fourth-order valence-electron chi connectivity index (χ4n) is 6.45. The van der Waals surface area contributed by atoms with Crippen LogP contribution in [0.25, 0.3) is 0 Å². The summed E-state index contributed by atoms with van der Waals surface area (Å²) in [5, 5.41) is 13.6. The van der Waals surface area contributed by atoms with Crippen LogP contribution >= 0.6 is 0 Å². The SMILES string of the molecule is C=C(/C=C\C1=C(C)CN(C(CC)OC)CC1)Nc1ncc2c(n1)N([C@@H]1CCC3=C1CCC=C3O)C(=O)C2(C)C. The van der Waals surface area contributed by atoms with Gasteiger partial charge in [0.05, 0.1) is 11.5 Å². The van der Waals surface area contributed by atoms with Gasteiger partial charge < -0.3 is 15.2 Å². The number of hydrogen-bond donors (Lipinski definition) is 2. The number of nitrogens with zero attached hydrogens (tertiary/aromatic N) is 4.